The van der Waals surface area contributed by atoms with Crippen LogP contribution in [0.25, 0.3) is 0 Å². The zero-order valence-electron chi connectivity index (χ0n) is 16.1. The Morgan fingerprint density at radius 3 is 1.13 bits per heavy atom. The smallest absolute Gasteiger partial charge is 0.334 e. The quantitative estimate of drug-likeness (QED) is 0.304. The molecule has 0 aliphatic heterocycles. The fourth-order valence-electron chi connectivity index (χ4n) is 2.69. The Morgan fingerprint density at radius 2 is 0.870 bits per heavy atom. The molecule has 0 N–H and O–H groups in total. The maximum absolute atomic E-state index is 5.83. The van der Waals surface area contributed by atoms with E-state index in [0.717, 1.165) is 64.6 Å². The second-order valence-electron chi connectivity index (χ2n) is 5.82. The van der Waals surface area contributed by atoms with Crippen LogP contribution in [0.4, 0.5) is 0 Å². The second-order valence-corrected chi connectivity index (χ2v) is 12.5. The van der Waals surface area contributed by atoms with Gasteiger partial charge in [-0.1, -0.05) is 0 Å². The molecule has 0 bridgehead atoms. The Bertz CT molecular complexity index is 241. The van der Waals surface area contributed by atoms with Crippen LogP contribution in [0.3, 0.4) is 0 Å². The van der Waals surface area contributed by atoms with E-state index in [0.29, 0.717) is 0 Å². The van der Waals surface area contributed by atoms with E-state index >= 15 is 0 Å². The Morgan fingerprint density at radius 1 is 0.565 bits per heavy atom. The first-order valence-corrected chi connectivity index (χ1v) is 14.1. The molecule has 0 saturated heterocycles. The maximum atomic E-state index is 5.83. The van der Waals surface area contributed by atoms with Crippen LogP contribution < -0.4 is 0 Å². The summed E-state index contributed by atoms with van der Waals surface area (Å²) < 4.78 is 29.1. The zero-order chi connectivity index (χ0) is 17.6. The van der Waals surface area contributed by atoms with Gasteiger partial charge in [-0.15, -0.1) is 0 Å². The van der Waals surface area contributed by atoms with Gasteiger partial charge in [0, 0.05) is 39.6 Å². The molecule has 0 aromatic heterocycles. The normalized spacial score (nSPS) is 12.8. The van der Waals surface area contributed by atoms with Gasteiger partial charge in [0.05, 0.1) is 0 Å². The molecule has 0 rings (SSSR count). The van der Waals surface area contributed by atoms with Gasteiger partial charge in [0.2, 0.25) is 0 Å². The summed E-state index contributed by atoms with van der Waals surface area (Å²) in [5.74, 6) is 0. The van der Waals surface area contributed by atoms with E-state index in [1.165, 1.54) is 0 Å². The van der Waals surface area contributed by atoms with E-state index in [-0.39, 0.29) is 0 Å². The molecule has 0 aromatic carbocycles. The van der Waals surface area contributed by atoms with Crippen molar-refractivity contribution in [3.05, 3.63) is 0 Å². The highest BCUT2D eigenvalue weighted by Crippen LogP contribution is 2.17. The monoisotopic (exact) mass is 366 g/mol. The van der Waals surface area contributed by atoms with Crippen LogP contribution in [-0.4, -0.2) is 56.8 Å². The zero-order valence-corrected chi connectivity index (χ0v) is 18.1. The van der Waals surface area contributed by atoms with Crippen molar-refractivity contribution in [1.29, 1.82) is 0 Å². The van der Waals surface area contributed by atoms with Crippen molar-refractivity contribution >= 4 is 17.1 Å². The predicted octanol–water partition coefficient (Wildman–Crippen LogP) is 4.07. The lowest BCUT2D eigenvalue weighted by atomic mass is 10.5. The van der Waals surface area contributed by atoms with Crippen LogP contribution in [0.1, 0.15) is 40.5 Å². The summed E-state index contributed by atoms with van der Waals surface area (Å²) >= 11 is 0. The molecular weight excluding hydrogens is 328 g/mol. The van der Waals surface area contributed by atoms with Crippen LogP contribution in [0.15, 0.2) is 0 Å². The van der Waals surface area contributed by atoms with Gasteiger partial charge in [-0.05, 0) is 65.7 Å². The fourth-order valence-corrected chi connectivity index (χ4v) is 7.45. The molecule has 0 aliphatic carbocycles. The number of hydrogen-bond acceptors (Lipinski definition) is 5. The third-order valence-electron chi connectivity index (χ3n) is 3.64. The molecule has 0 unspecified atom stereocenters. The van der Waals surface area contributed by atoms with Gasteiger partial charge in [0.1, 0.15) is 0 Å². The number of ether oxygens (including phenoxy) is 1. The summed E-state index contributed by atoms with van der Waals surface area (Å²) in [4.78, 5) is 0. The predicted molar refractivity (Wildman–Crippen MR) is 99.4 cm³/mol. The molecule has 0 atom stereocenters. The van der Waals surface area contributed by atoms with Crippen molar-refractivity contribution in [3.8, 4) is 0 Å². The van der Waals surface area contributed by atoms with E-state index < -0.39 is 17.1 Å². The Labute approximate surface area is 145 Å². The van der Waals surface area contributed by atoms with E-state index in [4.69, 9.17) is 22.4 Å². The molecule has 140 valence electrons. The summed E-state index contributed by atoms with van der Waals surface area (Å²) in [6, 6.07) is 1.97. The van der Waals surface area contributed by atoms with Crippen molar-refractivity contribution < 1.29 is 22.4 Å². The van der Waals surface area contributed by atoms with Crippen molar-refractivity contribution in [2.45, 2.75) is 65.7 Å². The number of rotatable bonds is 16. The van der Waals surface area contributed by atoms with Crippen LogP contribution in [-0.2, 0) is 22.4 Å². The maximum Gasteiger partial charge on any atom is 0.334 e. The topological polar surface area (TPSA) is 46.2 Å². The molecule has 0 aliphatic rings. The average Bonchev–Trinajstić information content (AvgIpc) is 2.47. The molecule has 7 heteroatoms. The summed E-state index contributed by atoms with van der Waals surface area (Å²) in [5, 5.41) is 0. The molecule has 0 heterocycles. The minimum Gasteiger partial charge on any atom is -0.395 e. The Balaban J connectivity index is 3.83. The van der Waals surface area contributed by atoms with E-state index in [9.17, 15) is 0 Å². The highest BCUT2D eigenvalue weighted by molar-refractivity contribution is 6.66. The van der Waals surface area contributed by atoms with Gasteiger partial charge < -0.3 is 22.4 Å². The lowest BCUT2D eigenvalue weighted by molar-refractivity contribution is 0.125. The second kappa shape index (κ2) is 13.5. The lowest BCUT2D eigenvalue weighted by Gasteiger charge is -2.26. The van der Waals surface area contributed by atoms with Crippen molar-refractivity contribution in [2.75, 3.05) is 39.6 Å². The average molecular weight is 367 g/mol. The van der Waals surface area contributed by atoms with Crippen molar-refractivity contribution in [2.24, 2.45) is 0 Å². The minimum absolute atomic E-state index is 0.724. The summed E-state index contributed by atoms with van der Waals surface area (Å²) in [5.41, 5.74) is 0. The van der Waals surface area contributed by atoms with Crippen LogP contribution in [0.2, 0.25) is 25.2 Å². The minimum atomic E-state index is -1.98. The molecule has 0 aromatic rings. The molecule has 0 fully saturated rings. The standard InChI is InChI=1S/C16H38O5Si2/c1-7-18-22(5,19-8-2)15-11-13-17-14-12-16-23(6,20-9-3)21-10-4/h7-16H2,1-6H3. The summed E-state index contributed by atoms with van der Waals surface area (Å²) in [6.07, 6.45) is 1.99. The number of hydrogen-bond donors (Lipinski definition) is 0. The van der Waals surface area contributed by atoms with Gasteiger partial charge in [-0.25, -0.2) is 0 Å². The molecular formula is C16H38O5Si2. The third kappa shape index (κ3) is 11.4. The largest absolute Gasteiger partial charge is 0.395 e. The molecule has 0 radical (unpaired) electrons. The van der Waals surface area contributed by atoms with Crippen LogP contribution in [0.5, 0.6) is 0 Å². The molecule has 0 spiro atoms. The Kier molecular flexibility index (Phi) is 13.7. The highest BCUT2D eigenvalue weighted by atomic mass is 28.4. The SMILES string of the molecule is CCO[Si](C)(CCCOCCC[Si](C)(OCC)OCC)OCC. The first kappa shape index (κ1) is 23.2. The van der Waals surface area contributed by atoms with E-state index in [2.05, 4.69) is 13.1 Å². The molecule has 23 heavy (non-hydrogen) atoms. The third-order valence-corrected chi connectivity index (χ3v) is 9.76. The van der Waals surface area contributed by atoms with Crippen LogP contribution >= 0.6 is 0 Å². The first-order valence-electron chi connectivity index (χ1n) is 9.08. The van der Waals surface area contributed by atoms with E-state index in [1.807, 2.05) is 27.7 Å². The van der Waals surface area contributed by atoms with Gasteiger partial charge in [0.15, 0.2) is 0 Å². The van der Waals surface area contributed by atoms with Gasteiger partial charge >= 0.3 is 17.1 Å². The van der Waals surface area contributed by atoms with E-state index in [1.54, 1.807) is 0 Å². The lowest BCUT2D eigenvalue weighted by Crippen LogP contribution is -2.39. The molecule has 0 saturated carbocycles. The Hall–Kier alpha value is 0.234. The summed E-state index contributed by atoms with van der Waals surface area (Å²) in [6.45, 7) is 16.8. The summed E-state index contributed by atoms with van der Waals surface area (Å²) in [7, 11) is -3.96. The fraction of sp³-hybridized carbons (Fsp3) is 1.00. The molecule has 0 amide bonds. The first-order chi connectivity index (χ1) is 10.9. The molecule has 5 nitrogen and oxygen atoms in total. The van der Waals surface area contributed by atoms with Gasteiger partial charge in [-0.2, -0.15) is 0 Å². The van der Waals surface area contributed by atoms with Crippen LogP contribution in [0, 0.1) is 0 Å². The van der Waals surface area contributed by atoms with Gasteiger partial charge in [-0.3, -0.25) is 0 Å². The van der Waals surface area contributed by atoms with Gasteiger partial charge in [0.25, 0.3) is 0 Å². The highest BCUT2D eigenvalue weighted by Gasteiger charge is 2.31. The van der Waals surface area contributed by atoms with Crippen molar-refractivity contribution in [1.82, 2.24) is 0 Å². The van der Waals surface area contributed by atoms with Crippen molar-refractivity contribution in [3.63, 3.8) is 0 Å².